The van der Waals surface area contributed by atoms with Crippen molar-refractivity contribution in [2.45, 2.75) is 32.7 Å². The Kier molecular flexibility index (Phi) is 4.43. The number of hydrogen-bond acceptors (Lipinski definition) is 3. The van der Waals surface area contributed by atoms with Crippen molar-refractivity contribution in [3.63, 3.8) is 0 Å². The first-order valence-corrected chi connectivity index (χ1v) is 6.90. The summed E-state index contributed by atoms with van der Waals surface area (Å²) in [5.41, 5.74) is 7.93. The number of amides is 1. The van der Waals surface area contributed by atoms with Crippen LogP contribution in [0.1, 0.15) is 37.4 Å². The predicted molar refractivity (Wildman–Crippen MR) is 75.0 cm³/mol. The second-order valence-corrected chi connectivity index (χ2v) is 5.12. The molecule has 3 N–H and O–H groups in total. The molecular formula is C15H22N2O2. The van der Waals surface area contributed by atoms with Gasteiger partial charge in [0.05, 0.1) is 12.5 Å². The number of ether oxygens (including phenoxy) is 1. The number of carbonyl (C=O) groups excluding carboxylic acids is 1. The Hall–Kier alpha value is -1.55. The molecule has 0 fully saturated rings. The van der Waals surface area contributed by atoms with Crippen molar-refractivity contribution >= 4 is 5.91 Å². The van der Waals surface area contributed by atoms with Crippen LogP contribution in [0.15, 0.2) is 18.2 Å². The third-order valence-electron chi connectivity index (χ3n) is 3.63. The highest BCUT2D eigenvalue weighted by atomic mass is 16.5. The molecule has 0 heterocycles. The van der Waals surface area contributed by atoms with Gasteiger partial charge in [0, 0.05) is 6.04 Å². The lowest BCUT2D eigenvalue weighted by Gasteiger charge is -2.14. The van der Waals surface area contributed by atoms with E-state index in [-0.39, 0.29) is 11.8 Å². The van der Waals surface area contributed by atoms with Crippen molar-refractivity contribution in [3.8, 4) is 5.75 Å². The summed E-state index contributed by atoms with van der Waals surface area (Å²) in [4.78, 5) is 11.0. The molecule has 1 aromatic carbocycles. The lowest BCUT2D eigenvalue weighted by Crippen LogP contribution is -2.25. The number of benzene rings is 1. The van der Waals surface area contributed by atoms with E-state index >= 15 is 0 Å². The average Bonchev–Trinajstić information content (AvgIpc) is 2.79. The highest BCUT2D eigenvalue weighted by Gasteiger charge is 2.21. The molecule has 19 heavy (non-hydrogen) atoms. The van der Waals surface area contributed by atoms with Gasteiger partial charge < -0.3 is 15.8 Å². The zero-order valence-corrected chi connectivity index (χ0v) is 11.6. The van der Waals surface area contributed by atoms with Crippen LogP contribution in [0.25, 0.3) is 0 Å². The van der Waals surface area contributed by atoms with Gasteiger partial charge in [0.2, 0.25) is 5.91 Å². The number of aryl methyl sites for hydroxylation is 1. The summed E-state index contributed by atoms with van der Waals surface area (Å²) < 4.78 is 5.63. The van der Waals surface area contributed by atoms with Crippen molar-refractivity contribution in [1.82, 2.24) is 5.32 Å². The van der Waals surface area contributed by atoms with Crippen LogP contribution in [-0.2, 0) is 11.2 Å². The van der Waals surface area contributed by atoms with Gasteiger partial charge >= 0.3 is 0 Å². The Morgan fingerprint density at radius 3 is 3.05 bits per heavy atom. The molecule has 1 aliphatic rings. The molecule has 2 rings (SSSR count). The van der Waals surface area contributed by atoms with Crippen molar-refractivity contribution in [1.29, 1.82) is 0 Å². The molecule has 1 aliphatic carbocycles. The van der Waals surface area contributed by atoms with Crippen LogP contribution in [0.5, 0.6) is 5.75 Å². The standard InChI is InChI=1S/C15H22N2O2/c1-3-17-14-7-4-11-8-12(5-6-13(11)14)19-9-10(2)15(16)18/h5-6,8,10,14,17H,3-4,7,9H2,1-2H3,(H2,16,18). The molecule has 4 nitrogen and oxygen atoms in total. The van der Waals surface area contributed by atoms with Crippen molar-refractivity contribution in [2.24, 2.45) is 11.7 Å². The molecule has 0 saturated carbocycles. The van der Waals surface area contributed by atoms with Crippen LogP contribution < -0.4 is 15.8 Å². The Morgan fingerprint density at radius 1 is 1.58 bits per heavy atom. The summed E-state index contributed by atoms with van der Waals surface area (Å²) in [6.45, 7) is 5.22. The summed E-state index contributed by atoms with van der Waals surface area (Å²) in [5, 5.41) is 3.48. The van der Waals surface area contributed by atoms with Crippen LogP contribution in [0.2, 0.25) is 0 Å². The molecule has 0 bridgehead atoms. The maximum absolute atomic E-state index is 11.0. The van der Waals surface area contributed by atoms with Gasteiger partial charge in [-0.25, -0.2) is 0 Å². The molecule has 2 unspecified atom stereocenters. The zero-order chi connectivity index (χ0) is 13.8. The zero-order valence-electron chi connectivity index (χ0n) is 11.6. The van der Waals surface area contributed by atoms with Crippen molar-refractivity contribution < 1.29 is 9.53 Å². The van der Waals surface area contributed by atoms with Crippen LogP contribution >= 0.6 is 0 Å². The Labute approximate surface area is 114 Å². The fourth-order valence-electron chi connectivity index (χ4n) is 2.45. The highest BCUT2D eigenvalue weighted by molar-refractivity contribution is 5.76. The van der Waals surface area contributed by atoms with Gasteiger partial charge in [0.15, 0.2) is 0 Å². The Balaban J connectivity index is 2.00. The largest absolute Gasteiger partial charge is 0.493 e. The number of fused-ring (bicyclic) bond motifs is 1. The van der Waals surface area contributed by atoms with E-state index in [2.05, 4.69) is 24.4 Å². The van der Waals surface area contributed by atoms with Crippen molar-refractivity contribution in [3.05, 3.63) is 29.3 Å². The number of rotatable bonds is 6. The SMILES string of the molecule is CCNC1CCc2cc(OCC(C)C(N)=O)ccc21. The first kappa shape index (κ1) is 13.9. The fourth-order valence-corrected chi connectivity index (χ4v) is 2.45. The van der Waals surface area contributed by atoms with Crippen LogP contribution in [0.4, 0.5) is 0 Å². The van der Waals surface area contributed by atoms with Crippen LogP contribution in [-0.4, -0.2) is 19.1 Å². The first-order valence-electron chi connectivity index (χ1n) is 6.90. The van der Waals surface area contributed by atoms with E-state index in [0.717, 1.165) is 25.1 Å². The topological polar surface area (TPSA) is 64.3 Å². The average molecular weight is 262 g/mol. The van der Waals surface area contributed by atoms with E-state index in [1.807, 2.05) is 6.07 Å². The fraction of sp³-hybridized carbons (Fsp3) is 0.533. The number of nitrogens with one attached hydrogen (secondary N) is 1. The Bertz CT molecular complexity index is 459. The van der Waals surface area contributed by atoms with Gasteiger partial charge in [-0.1, -0.05) is 19.9 Å². The van der Waals surface area contributed by atoms with E-state index in [0.29, 0.717) is 12.6 Å². The van der Waals surface area contributed by atoms with E-state index in [1.165, 1.54) is 11.1 Å². The molecular weight excluding hydrogens is 240 g/mol. The van der Waals surface area contributed by atoms with Gasteiger partial charge in [0.25, 0.3) is 0 Å². The second-order valence-electron chi connectivity index (χ2n) is 5.12. The molecule has 0 aliphatic heterocycles. The van der Waals surface area contributed by atoms with Crippen molar-refractivity contribution in [2.75, 3.05) is 13.2 Å². The van der Waals surface area contributed by atoms with E-state index in [9.17, 15) is 4.79 Å². The number of carbonyl (C=O) groups is 1. The molecule has 1 aromatic rings. The number of hydrogen-bond donors (Lipinski definition) is 2. The van der Waals surface area contributed by atoms with Gasteiger partial charge in [-0.2, -0.15) is 0 Å². The van der Waals surface area contributed by atoms with Gasteiger partial charge in [-0.15, -0.1) is 0 Å². The number of nitrogens with two attached hydrogens (primary N) is 1. The molecule has 0 saturated heterocycles. The Morgan fingerprint density at radius 2 is 2.37 bits per heavy atom. The third kappa shape index (κ3) is 3.26. The van der Waals surface area contributed by atoms with Crippen LogP contribution in [0, 0.1) is 5.92 Å². The summed E-state index contributed by atoms with van der Waals surface area (Å²) in [6.07, 6.45) is 2.22. The van der Waals surface area contributed by atoms with Gasteiger partial charge in [-0.3, -0.25) is 4.79 Å². The minimum absolute atomic E-state index is 0.261. The smallest absolute Gasteiger partial charge is 0.223 e. The third-order valence-corrected chi connectivity index (χ3v) is 3.63. The van der Waals surface area contributed by atoms with E-state index < -0.39 is 0 Å². The minimum atomic E-state index is -0.326. The maximum Gasteiger partial charge on any atom is 0.223 e. The lowest BCUT2D eigenvalue weighted by atomic mass is 10.1. The molecule has 104 valence electrons. The molecule has 1 amide bonds. The van der Waals surface area contributed by atoms with Crippen LogP contribution in [0.3, 0.4) is 0 Å². The molecule has 0 aromatic heterocycles. The maximum atomic E-state index is 11.0. The normalized spacial score (nSPS) is 18.9. The van der Waals surface area contributed by atoms with E-state index in [4.69, 9.17) is 10.5 Å². The van der Waals surface area contributed by atoms with Gasteiger partial charge in [-0.05, 0) is 42.6 Å². The second kappa shape index (κ2) is 6.06. The molecule has 2 atom stereocenters. The summed E-state index contributed by atoms with van der Waals surface area (Å²) in [6, 6.07) is 6.65. The van der Waals surface area contributed by atoms with Gasteiger partial charge in [0.1, 0.15) is 5.75 Å². The summed E-state index contributed by atoms with van der Waals surface area (Å²) in [5.74, 6) is 0.236. The highest BCUT2D eigenvalue weighted by Crippen LogP contribution is 2.33. The first-order chi connectivity index (χ1) is 9.11. The molecule has 0 radical (unpaired) electrons. The quantitative estimate of drug-likeness (QED) is 0.821. The van der Waals surface area contributed by atoms with E-state index in [1.54, 1.807) is 6.92 Å². The summed E-state index contributed by atoms with van der Waals surface area (Å²) in [7, 11) is 0. The molecule has 4 heteroatoms. The monoisotopic (exact) mass is 262 g/mol. The predicted octanol–water partition coefficient (Wildman–Crippen LogP) is 1.78. The molecule has 0 spiro atoms. The minimum Gasteiger partial charge on any atom is -0.493 e. The lowest BCUT2D eigenvalue weighted by molar-refractivity contribution is -0.122. The number of primary amides is 1. The summed E-state index contributed by atoms with van der Waals surface area (Å²) >= 11 is 0.